The van der Waals surface area contributed by atoms with Crippen LogP contribution < -0.4 is 10.6 Å². The molecular formula is C14H14N2O2. The molecule has 4 heteroatoms. The second-order valence-corrected chi connectivity index (χ2v) is 3.84. The van der Waals surface area contributed by atoms with Gasteiger partial charge in [0, 0.05) is 18.3 Å². The molecule has 0 unspecified atom stereocenters. The first-order chi connectivity index (χ1) is 8.74. The molecule has 2 rings (SSSR count). The lowest BCUT2D eigenvalue weighted by atomic mass is 10.2. The predicted octanol–water partition coefficient (Wildman–Crippen LogP) is 2.71. The van der Waals surface area contributed by atoms with Crippen molar-refractivity contribution in [2.24, 2.45) is 0 Å². The van der Waals surface area contributed by atoms with Gasteiger partial charge in [0.15, 0.2) is 0 Å². The molecule has 0 bridgehead atoms. The van der Waals surface area contributed by atoms with E-state index in [2.05, 4.69) is 10.6 Å². The van der Waals surface area contributed by atoms with Gasteiger partial charge < -0.3 is 15.7 Å². The third kappa shape index (κ3) is 3.52. The van der Waals surface area contributed by atoms with E-state index in [-0.39, 0.29) is 11.8 Å². The molecule has 4 nitrogen and oxygen atoms in total. The maximum atomic E-state index is 11.6. The van der Waals surface area contributed by atoms with Crippen LogP contribution in [0.3, 0.4) is 0 Å². The number of phenolic OH excluding ortho intramolecular Hbond substituents is 1. The number of carbonyl (C=O) groups excluding carboxylic acids is 1. The number of aromatic hydroxyl groups is 1. The Labute approximate surface area is 105 Å². The second kappa shape index (κ2) is 5.72. The van der Waals surface area contributed by atoms with E-state index in [1.807, 2.05) is 30.3 Å². The summed E-state index contributed by atoms with van der Waals surface area (Å²) in [5, 5.41) is 14.6. The minimum Gasteiger partial charge on any atom is -0.508 e. The van der Waals surface area contributed by atoms with Crippen LogP contribution >= 0.6 is 0 Å². The summed E-state index contributed by atoms with van der Waals surface area (Å²) in [6, 6.07) is 15.8. The van der Waals surface area contributed by atoms with Crippen LogP contribution in [0.1, 0.15) is 5.56 Å². The lowest BCUT2D eigenvalue weighted by Gasteiger charge is -2.07. The fraction of sp³-hybridized carbons (Fsp3) is 0.0714. The van der Waals surface area contributed by atoms with Crippen molar-refractivity contribution in [2.45, 2.75) is 6.54 Å². The summed E-state index contributed by atoms with van der Waals surface area (Å²) in [7, 11) is 0. The van der Waals surface area contributed by atoms with Gasteiger partial charge in [0.1, 0.15) is 5.75 Å². The summed E-state index contributed by atoms with van der Waals surface area (Å²) < 4.78 is 0. The molecule has 0 aliphatic carbocycles. The Balaban J connectivity index is 1.86. The minimum absolute atomic E-state index is 0.121. The van der Waals surface area contributed by atoms with Crippen molar-refractivity contribution in [3.63, 3.8) is 0 Å². The number of rotatable bonds is 3. The Morgan fingerprint density at radius 3 is 2.56 bits per heavy atom. The number of hydrogen-bond acceptors (Lipinski definition) is 2. The maximum absolute atomic E-state index is 11.6. The lowest BCUT2D eigenvalue weighted by molar-refractivity contribution is 0.251. The molecule has 0 saturated heterocycles. The molecule has 3 N–H and O–H groups in total. The van der Waals surface area contributed by atoms with E-state index in [1.54, 1.807) is 18.2 Å². The summed E-state index contributed by atoms with van der Waals surface area (Å²) in [6.45, 7) is 0.464. The van der Waals surface area contributed by atoms with Crippen LogP contribution in [0, 0.1) is 0 Å². The average molecular weight is 242 g/mol. The van der Waals surface area contributed by atoms with Gasteiger partial charge in [-0.1, -0.05) is 36.4 Å². The Kier molecular flexibility index (Phi) is 3.81. The van der Waals surface area contributed by atoms with Crippen molar-refractivity contribution in [1.29, 1.82) is 0 Å². The highest BCUT2D eigenvalue weighted by molar-refractivity contribution is 5.89. The number of carbonyl (C=O) groups is 1. The van der Waals surface area contributed by atoms with Gasteiger partial charge >= 0.3 is 6.03 Å². The van der Waals surface area contributed by atoms with Crippen LogP contribution in [0.15, 0.2) is 54.6 Å². The van der Waals surface area contributed by atoms with Crippen LogP contribution in [0.25, 0.3) is 0 Å². The normalized spacial score (nSPS) is 9.78. The molecule has 0 atom stereocenters. The number of hydrogen-bond donors (Lipinski definition) is 3. The molecule has 0 fully saturated rings. The molecule has 2 aromatic carbocycles. The van der Waals surface area contributed by atoms with Crippen molar-refractivity contribution in [3.8, 4) is 5.75 Å². The van der Waals surface area contributed by atoms with Crippen molar-refractivity contribution < 1.29 is 9.90 Å². The highest BCUT2D eigenvalue weighted by Gasteiger charge is 2.01. The van der Waals surface area contributed by atoms with Crippen LogP contribution in [0.2, 0.25) is 0 Å². The Morgan fingerprint density at radius 1 is 1.06 bits per heavy atom. The van der Waals surface area contributed by atoms with E-state index < -0.39 is 0 Å². The highest BCUT2D eigenvalue weighted by atomic mass is 16.3. The van der Waals surface area contributed by atoms with Crippen LogP contribution in [0.5, 0.6) is 5.75 Å². The van der Waals surface area contributed by atoms with E-state index in [0.29, 0.717) is 12.2 Å². The number of urea groups is 1. The van der Waals surface area contributed by atoms with E-state index in [0.717, 1.165) is 5.56 Å². The molecule has 0 heterocycles. The SMILES string of the molecule is O=C(NCc1ccccc1)Nc1cccc(O)c1. The number of nitrogens with one attached hydrogen (secondary N) is 2. The van der Waals surface area contributed by atoms with E-state index in [1.165, 1.54) is 6.07 Å². The van der Waals surface area contributed by atoms with Crippen LogP contribution in [-0.2, 0) is 6.54 Å². The molecule has 92 valence electrons. The fourth-order valence-electron chi connectivity index (χ4n) is 1.54. The Morgan fingerprint density at radius 2 is 1.83 bits per heavy atom. The smallest absolute Gasteiger partial charge is 0.319 e. The number of benzene rings is 2. The molecule has 0 radical (unpaired) electrons. The van der Waals surface area contributed by atoms with Crippen LogP contribution in [0.4, 0.5) is 10.5 Å². The van der Waals surface area contributed by atoms with Gasteiger partial charge in [-0.15, -0.1) is 0 Å². The predicted molar refractivity (Wildman–Crippen MR) is 70.4 cm³/mol. The van der Waals surface area contributed by atoms with Crippen LogP contribution in [-0.4, -0.2) is 11.1 Å². The van der Waals surface area contributed by atoms with Gasteiger partial charge in [0.2, 0.25) is 0 Å². The zero-order valence-electron chi connectivity index (χ0n) is 9.76. The van der Waals surface area contributed by atoms with Gasteiger partial charge in [0.25, 0.3) is 0 Å². The molecule has 0 aliphatic rings. The number of anilines is 1. The lowest BCUT2D eigenvalue weighted by Crippen LogP contribution is -2.28. The summed E-state index contributed by atoms with van der Waals surface area (Å²) in [6.07, 6.45) is 0. The molecular weight excluding hydrogens is 228 g/mol. The Bertz CT molecular complexity index is 526. The molecule has 0 aliphatic heterocycles. The average Bonchev–Trinajstić information content (AvgIpc) is 2.38. The first kappa shape index (κ1) is 12.0. The van der Waals surface area contributed by atoms with Crippen molar-refractivity contribution in [1.82, 2.24) is 5.32 Å². The van der Waals surface area contributed by atoms with Crippen molar-refractivity contribution in [3.05, 3.63) is 60.2 Å². The molecule has 2 aromatic rings. The largest absolute Gasteiger partial charge is 0.508 e. The first-order valence-corrected chi connectivity index (χ1v) is 5.62. The molecule has 0 saturated carbocycles. The second-order valence-electron chi connectivity index (χ2n) is 3.84. The van der Waals surface area contributed by atoms with E-state index in [9.17, 15) is 9.90 Å². The highest BCUT2D eigenvalue weighted by Crippen LogP contribution is 2.14. The van der Waals surface area contributed by atoms with E-state index >= 15 is 0 Å². The van der Waals surface area contributed by atoms with Gasteiger partial charge in [-0.05, 0) is 17.7 Å². The summed E-state index contributed by atoms with van der Waals surface area (Å²) in [5.41, 5.74) is 1.59. The van der Waals surface area contributed by atoms with Crippen molar-refractivity contribution >= 4 is 11.7 Å². The molecule has 0 spiro atoms. The third-order valence-corrected chi connectivity index (χ3v) is 2.40. The summed E-state index contributed by atoms with van der Waals surface area (Å²) in [4.78, 5) is 11.6. The quantitative estimate of drug-likeness (QED) is 0.775. The maximum Gasteiger partial charge on any atom is 0.319 e. The molecule has 18 heavy (non-hydrogen) atoms. The standard InChI is InChI=1S/C14H14N2O2/c17-13-8-4-7-12(9-13)16-14(18)15-10-11-5-2-1-3-6-11/h1-9,17H,10H2,(H2,15,16,18). The summed E-state index contributed by atoms with van der Waals surface area (Å²) >= 11 is 0. The minimum atomic E-state index is -0.301. The zero-order valence-corrected chi connectivity index (χ0v) is 9.76. The van der Waals surface area contributed by atoms with Gasteiger partial charge in [-0.3, -0.25) is 0 Å². The molecule has 2 amide bonds. The van der Waals surface area contributed by atoms with Gasteiger partial charge in [-0.25, -0.2) is 4.79 Å². The molecule has 0 aromatic heterocycles. The third-order valence-electron chi connectivity index (χ3n) is 2.40. The Hall–Kier alpha value is -2.49. The van der Waals surface area contributed by atoms with Gasteiger partial charge in [-0.2, -0.15) is 0 Å². The fourth-order valence-corrected chi connectivity index (χ4v) is 1.54. The van der Waals surface area contributed by atoms with E-state index in [4.69, 9.17) is 0 Å². The topological polar surface area (TPSA) is 61.4 Å². The monoisotopic (exact) mass is 242 g/mol. The first-order valence-electron chi connectivity index (χ1n) is 5.62. The number of amides is 2. The zero-order chi connectivity index (χ0) is 12.8. The van der Waals surface area contributed by atoms with Gasteiger partial charge in [0.05, 0.1) is 0 Å². The summed E-state index contributed by atoms with van der Waals surface area (Å²) in [5.74, 6) is 0.121. The number of phenols is 1. The van der Waals surface area contributed by atoms with Crippen molar-refractivity contribution in [2.75, 3.05) is 5.32 Å².